The lowest BCUT2D eigenvalue weighted by Crippen LogP contribution is -1.98. The molecule has 0 unspecified atom stereocenters. The highest BCUT2D eigenvalue weighted by atomic mass is 32.1. The van der Waals surface area contributed by atoms with Gasteiger partial charge in [-0.1, -0.05) is 6.07 Å². The lowest BCUT2D eigenvalue weighted by Gasteiger charge is -2.15. The summed E-state index contributed by atoms with van der Waals surface area (Å²) in [6, 6.07) is 3.65. The molecule has 6 heteroatoms. The molecule has 0 amide bonds. The Bertz CT molecular complexity index is 343. The van der Waals surface area contributed by atoms with Crippen LogP contribution in [0.5, 0.6) is 0 Å². The minimum Gasteiger partial charge on any atom is -0.309 e. The fourth-order valence-electron chi connectivity index (χ4n) is 1.19. The quantitative estimate of drug-likeness (QED) is 0.569. The second kappa shape index (κ2) is 5.85. The van der Waals surface area contributed by atoms with Crippen LogP contribution >= 0.6 is 18.9 Å². The minimum absolute atomic E-state index is 0.302. The van der Waals surface area contributed by atoms with E-state index in [0.29, 0.717) is 24.2 Å². The Kier molecular flexibility index (Phi) is 5.06. The Morgan fingerprint density at radius 1 is 1.33 bits per heavy atom. The van der Waals surface area contributed by atoms with Crippen molar-refractivity contribution in [1.82, 2.24) is 0 Å². The largest absolute Gasteiger partial charge is 0.335 e. The van der Waals surface area contributed by atoms with Gasteiger partial charge in [-0.15, -0.1) is 0 Å². The van der Waals surface area contributed by atoms with Gasteiger partial charge in [-0.2, -0.15) is 11.3 Å². The van der Waals surface area contributed by atoms with Crippen molar-refractivity contribution in [2.75, 3.05) is 13.2 Å². The van der Waals surface area contributed by atoms with Gasteiger partial charge >= 0.3 is 7.60 Å². The molecule has 0 N–H and O–H groups in total. The highest BCUT2D eigenvalue weighted by Gasteiger charge is 2.24. The van der Waals surface area contributed by atoms with Gasteiger partial charge in [-0.25, -0.2) is 0 Å². The molecule has 15 heavy (non-hydrogen) atoms. The Balaban J connectivity index is 2.70. The van der Waals surface area contributed by atoms with Crippen molar-refractivity contribution >= 4 is 31.6 Å². The average Bonchev–Trinajstić information content (AvgIpc) is 2.51. The molecule has 0 spiro atoms. The lowest BCUT2D eigenvalue weighted by atomic mass is 10.1. The summed E-state index contributed by atoms with van der Waals surface area (Å²) >= 11 is 1.41. The Hall–Kier alpha value is -0.0851. The van der Waals surface area contributed by atoms with Gasteiger partial charge in [0.15, 0.2) is 0 Å². The van der Waals surface area contributed by atoms with E-state index in [-0.39, 0.29) is 0 Å². The van der Waals surface area contributed by atoms with Crippen molar-refractivity contribution in [1.29, 1.82) is 0 Å². The number of hydrogen-bond donors (Lipinski definition) is 0. The first kappa shape index (κ1) is 13.0. The standard InChI is InChI=1S/C9H14BO3PS/c1-3-12-14(11,13-4-2)7-8-5-6-9(10)15-8/h5-6H,3-4,7H2,1-2H3. The molecular weight excluding hydrogens is 230 g/mol. The Morgan fingerprint density at radius 3 is 2.33 bits per heavy atom. The third-order valence-electron chi connectivity index (χ3n) is 1.68. The number of hydrogen-bond acceptors (Lipinski definition) is 4. The first-order chi connectivity index (χ1) is 7.09. The van der Waals surface area contributed by atoms with Crippen molar-refractivity contribution in [2.24, 2.45) is 0 Å². The van der Waals surface area contributed by atoms with E-state index in [1.165, 1.54) is 11.3 Å². The zero-order valence-electron chi connectivity index (χ0n) is 8.93. The summed E-state index contributed by atoms with van der Waals surface area (Å²) in [6.45, 7) is 4.37. The van der Waals surface area contributed by atoms with E-state index in [0.717, 1.165) is 4.88 Å². The lowest BCUT2D eigenvalue weighted by molar-refractivity contribution is 0.219. The molecule has 1 rings (SSSR count). The van der Waals surface area contributed by atoms with E-state index in [1.54, 1.807) is 19.9 Å². The topological polar surface area (TPSA) is 35.5 Å². The van der Waals surface area contributed by atoms with E-state index in [4.69, 9.17) is 16.9 Å². The molecule has 0 bridgehead atoms. The van der Waals surface area contributed by atoms with E-state index < -0.39 is 7.60 Å². The first-order valence-electron chi connectivity index (χ1n) is 4.82. The molecule has 1 heterocycles. The first-order valence-corrected chi connectivity index (χ1v) is 7.36. The zero-order valence-corrected chi connectivity index (χ0v) is 10.6. The molecule has 0 fully saturated rings. The number of rotatable bonds is 6. The highest BCUT2D eigenvalue weighted by Crippen LogP contribution is 2.51. The summed E-state index contributed by atoms with van der Waals surface area (Å²) in [5.41, 5.74) is 0. The molecule has 0 atom stereocenters. The van der Waals surface area contributed by atoms with Gasteiger partial charge in [0.05, 0.1) is 19.4 Å². The van der Waals surface area contributed by atoms with Crippen LogP contribution in [0.3, 0.4) is 0 Å². The number of thiophene rings is 1. The van der Waals surface area contributed by atoms with Crippen LogP contribution in [-0.2, 0) is 19.8 Å². The zero-order chi connectivity index (χ0) is 11.3. The van der Waals surface area contributed by atoms with E-state index in [1.807, 2.05) is 6.07 Å². The van der Waals surface area contributed by atoms with Gasteiger partial charge < -0.3 is 9.05 Å². The van der Waals surface area contributed by atoms with Crippen LogP contribution in [0.15, 0.2) is 12.1 Å². The molecule has 0 aromatic carbocycles. The molecular formula is C9H14BO3PS. The molecule has 0 aliphatic carbocycles. The highest BCUT2D eigenvalue weighted by molar-refractivity contribution is 7.53. The summed E-state index contributed by atoms with van der Waals surface area (Å²) in [6.07, 6.45) is 0.302. The van der Waals surface area contributed by atoms with Crippen molar-refractivity contribution in [3.8, 4) is 0 Å². The van der Waals surface area contributed by atoms with Crippen LogP contribution in [0.4, 0.5) is 0 Å². The van der Waals surface area contributed by atoms with Crippen molar-refractivity contribution < 1.29 is 13.6 Å². The molecule has 3 nitrogen and oxygen atoms in total. The summed E-state index contributed by atoms with van der Waals surface area (Å²) in [5, 5.41) is 0. The summed E-state index contributed by atoms with van der Waals surface area (Å²) < 4.78 is 23.2. The van der Waals surface area contributed by atoms with Crippen molar-refractivity contribution in [2.45, 2.75) is 20.0 Å². The third-order valence-corrected chi connectivity index (χ3v) is 4.84. The SMILES string of the molecule is [B]c1ccc(CP(=O)(OCC)OCC)s1. The predicted octanol–water partition coefficient (Wildman–Crippen LogP) is 2.31. The summed E-state index contributed by atoms with van der Waals surface area (Å²) in [5.74, 6) is 0. The summed E-state index contributed by atoms with van der Waals surface area (Å²) in [7, 11) is 2.62. The normalized spacial score (nSPS) is 11.9. The van der Waals surface area contributed by atoms with Gasteiger partial charge in [-0.3, -0.25) is 4.57 Å². The molecule has 0 aliphatic rings. The molecule has 82 valence electrons. The minimum atomic E-state index is -2.97. The van der Waals surface area contributed by atoms with Crippen LogP contribution < -0.4 is 4.78 Å². The van der Waals surface area contributed by atoms with E-state index >= 15 is 0 Å². The van der Waals surface area contributed by atoms with Gasteiger partial charge in [-0.05, 0) is 24.7 Å². The molecule has 0 saturated heterocycles. The van der Waals surface area contributed by atoms with Crippen LogP contribution in [0.2, 0.25) is 0 Å². The second-order valence-corrected chi connectivity index (χ2v) is 6.16. The monoisotopic (exact) mass is 244 g/mol. The van der Waals surface area contributed by atoms with Gasteiger partial charge in [0.25, 0.3) is 0 Å². The van der Waals surface area contributed by atoms with Gasteiger partial charge in [0.1, 0.15) is 7.85 Å². The van der Waals surface area contributed by atoms with E-state index in [9.17, 15) is 4.57 Å². The van der Waals surface area contributed by atoms with Crippen LogP contribution in [0, 0.1) is 0 Å². The van der Waals surface area contributed by atoms with E-state index in [2.05, 4.69) is 0 Å². The van der Waals surface area contributed by atoms with Gasteiger partial charge in [0, 0.05) is 4.88 Å². The fraction of sp³-hybridized carbons (Fsp3) is 0.556. The smallest absolute Gasteiger partial charge is 0.309 e. The van der Waals surface area contributed by atoms with Crippen LogP contribution in [-0.4, -0.2) is 21.1 Å². The predicted molar refractivity (Wildman–Crippen MR) is 64.3 cm³/mol. The molecule has 0 saturated carbocycles. The molecule has 0 aliphatic heterocycles. The van der Waals surface area contributed by atoms with Crippen molar-refractivity contribution in [3.05, 3.63) is 17.0 Å². The summed E-state index contributed by atoms with van der Waals surface area (Å²) in [4.78, 5) is 0.928. The van der Waals surface area contributed by atoms with Crippen LogP contribution in [0.1, 0.15) is 18.7 Å². The Morgan fingerprint density at radius 2 is 1.93 bits per heavy atom. The maximum absolute atomic E-state index is 12.1. The molecule has 1 aromatic rings. The second-order valence-electron chi connectivity index (χ2n) is 2.91. The molecule has 1 aromatic heterocycles. The third kappa shape index (κ3) is 4.11. The van der Waals surface area contributed by atoms with Crippen LogP contribution in [0.25, 0.3) is 0 Å². The average molecular weight is 244 g/mol. The van der Waals surface area contributed by atoms with Gasteiger partial charge in [0.2, 0.25) is 0 Å². The maximum Gasteiger partial charge on any atom is 0.335 e. The molecule has 2 radical (unpaired) electrons. The fourth-order valence-corrected chi connectivity index (χ4v) is 4.03. The Labute approximate surface area is 95.7 Å². The van der Waals surface area contributed by atoms with Crippen molar-refractivity contribution in [3.63, 3.8) is 0 Å². The maximum atomic E-state index is 12.1.